The molecule has 1 aliphatic heterocycles. The zero-order chi connectivity index (χ0) is 11.9. The van der Waals surface area contributed by atoms with Crippen molar-refractivity contribution in [2.75, 3.05) is 13.2 Å². The van der Waals surface area contributed by atoms with Gasteiger partial charge in [0.05, 0.1) is 0 Å². The predicted molar refractivity (Wildman–Crippen MR) is 66.6 cm³/mol. The molecule has 0 radical (unpaired) electrons. The summed E-state index contributed by atoms with van der Waals surface area (Å²) in [6.45, 7) is 3.53. The third-order valence-electron chi connectivity index (χ3n) is 3.74. The number of hydrogen-bond donors (Lipinski definition) is 1. The predicted octanol–water partition coefficient (Wildman–Crippen LogP) is 2.44. The van der Waals surface area contributed by atoms with Gasteiger partial charge in [-0.05, 0) is 42.9 Å². The summed E-state index contributed by atoms with van der Waals surface area (Å²) >= 11 is 0. The summed E-state index contributed by atoms with van der Waals surface area (Å²) in [6.07, 6.45) is 3.40. The Hall–Kier alpha value is -1.22. The van der Waals surface area contributed by atoms with E-state index in [1.54, 1.807) is 0 Å². The minimum absolute atomic E-state index is 0.104. The topological polar surface area (TPSA) is 44.5 Å². The molecule has 1 unspecified atom stereocenters. The SMILES string of the molecule is CC(CC1(N)CC1)c1ccc2c(c1)OCCO2. The second-order valence-corrected chi connectivity index (χ2v) is 5.37. The van der Waals surface area contributed by atoms with Crippen molar-refractivity contribution in [2.45, 2.75) is 37.6 Å². The van der Waals surface area contributed by atoms with E-state index in [0.717, 1.165) is 17.9 Å². The molecule has 92 valence electrons. The molecule has 0 spiro atoms. The second-order valence-electron chi connectivity index (χ2n) is 5.37. The Morgan fingerprint density at radius 1 is 1.24 bits per heavy atom. The lowest BCUT2D eigenvalue weighted by Gasteiger charge is -2.21. The van der Waals surface area contributed by atoms with Crippen LogP contribution in [-0.2, 0) is 0 Å². The Labute approximate surface area is 102 Å². The van der Waals surface area contributed by atoms with Gasteiger partial charge in [-0.3, -0.25) is 0 Å². The molecule has 3 nitrogen and oxygen atoms in total. The highest BCUT2D eigenvalue weighted by molar-refractivity contribution is 5.44. The van der Waals surface area contributed by atoms with Crippen molar-refractivity contribution in [3.63, 3.8) is 0 Å². The first-order valence-corrected chi connectivity index (χ1v) is 6.35. The van der Waals surface area contributed by atoms with Gasteiger partial charge in [-0.25, -0.2) is 0 Å². The molecule has 3 rings (SSSR count). The number of fused-ring (bicyclic) bond motifs is 1. The number of rotatable bonds is 3. The van der Waals surface area contributed by atoms with Crippen LogP contribution >= 0.6 is 0 Å². The van der Waals surface area contributed by atoms with Gasteiger partial charge in [0.2, 0.25) is 0 Å². The molecule has 1 heterocycles. The fraction of sp³-hybridized carbons (Fsp3) is 0.571. The summed E-state index contributed by atoms with van der Waals surface area (Å²) in [6, 6.07) is 6.24. The number of nitrogens with two attached hydrogens (primary N) is 1. The summed E-state index contributed by atoms with van der Waals surface area (Å²) < 4.78 is 11.1. The smallest absolute Gasteiger partial charge is 0.161 e. The van der Waals surface area contributed by atoms with E-state index in [0.29, 0.717) is 19.1 Å². The second kappa shape index (κ2) is 3.91. The maximum Gasteiger partial charge on any atom is 0.161 e. The van der Waals surface area contributed by atoms with Gasteiger partial charge in [0, 0.05) is 5.54 Å². The highest BCUT2D eigenvalue weighted by atomic mass is 16.6. The largest absolute Gasteiger partial charge is 0.486 e. The molecule has 2 aliphatic rings. The fourth-order valence-electron chi connectivity index (χ4n) is 2.46. The van der Waals surface area contributed by atoms with E-state index < -0.39 is 0 Å². The molecule has 0 amide bonds. The lowest BCUT2D eigenvalue weighted by molar-refractivity contribution is 0.171. The van der Waals surface area contributed by atoms with Crippen molar-refractivity contribution < 1.29 is 9.47 Å². The van der Waals surface area contributed by atoms with Crippen LogP contribution < -0.4 is 15.2 Å². The normalized spacial score (nSPS) is 22.0. The summed E-state index contributed by atoms with van der Waals surface area (Å²) in [5.41, 5.74) is 7.57. The van der Waals surface area contributed by atoms with Gasteiger partial charge in [-0.2, -0.15) is 0 Å². The van der Waals surface area contributed by atoms with Crippen molar-refractivity contribution in [1.82, 2.24) is 0 Å². The van der Waals surface area contributed by atoms with Gasteiger partial charge in [0.15, 0.2) is 11.5 Å². The fourth-order valence-corrected chi connectivity index (χ4v) is 2.46. The Morgan fingerprint density at radius 3 is 2.65 bits per heavy atom. The standard InChI is InChI=1S/C14H19NO2/c1-10(9-14(15)4-5-14)11-2-3-12-13(8-11)17-7-6-16-12/h2-3,8,10H,4-7,9,15H2,1H3. The van der Waals surface area contributed by atoms with Crippen LogP contribution in [0.15, 0.2) is 18.2 Å². The molecule has 0 bridgehead atoms. The van der Waals surface area contributed by atoms with Crippen LogP contribution in [0.4, 0.5) is 0 Å². The van der Waals surface area contributed by atoms with E-state index in [1.807, 2.05) is 6.07 Å². The van der Waals surface area contributed by atoms with E-state index >= 15 is 0 Å². The zero-order valence-corrected chi connectivity index (χ0v) is 10.2. The molecule has 1 aliphatic carbocycles. The number of hydrogen-bond acceptors (Lipinski definition) is 3. The zero-order valence-electron chi connectivity index (χ0n) is 10.2. The monoisotopic (exact) mass is 233 g/mol. The van der Waals surface area contributed by atoms with Crippen molar-refractivity contribution >= 4 is 0 Å². The van der Waals surface area contributed by atoms with Crippen molar-refractivity contribution in [2.24, 2.45) is 5.73 Å². The van der Waals surface area contributed by atoms with Crippen LogP contribution in [0.25, 0.3) is 0 Å². The number of ether oxygens (including phenoxy) is 2. The summed E-state index contributed by atoms with van der Waals surface area (Å²) in [7, 11) is 0. The summed E-state index contributed by atoms with van der Waals surface area (Å²) in [5.74, 6) is 2.22. The Balaban J connectivity index is 1.78. The van der Waals surface area contributed by atoms with Crippen LogP contribution in [0.1, 0.15) is 37.7 Å². The van der Waals surface area contributed by atoms with Crippen LogP contribution in [-0.4, -0.2) is 18.8 Å². The van der Waals surface area contributed by atoms with Gasteiger partial charge in [0.1, 0.15) is 13.2 Å². The molecule has 1 aromatic rings. The Morgan fingerprint density at radius 2 is 1.94 bits per heavy atom. The van der Waals surface area contributed by atoms with E-state index in [9.17, 15) is 0 Å². The average Bonchev–Trinajstić information content (AvgIpc) is 3.06. The highest BCUT2D eigenvalue weighted by Crippen LogP contribution is 2.42. The van der Waals surface area contributed by atoms with Gasteiger partial charge < -0.3 is 15.2 Å². The summed E-state index contributed by atoms with van der Waals surface area (Å²) in [4.78, 5) is 0. The molecule has 0 saturated heterocycles. The van der Waals surface area contributed by atoms with E-state index in [4.69, 9.17) is 15.2 Å². The molecule has 1 aromatic carbocycles. The minimum atomic E-state index is 0.104. The van der Waals surface area contributed by atoms with Crippen LogP contribution in [0.5, 0.6) is 11.5 Å². The first kappa shape index (κ1) is 10.9. The van der Waals surface area contributed by atoms with Gasteiger partial charge >= 0.3 is 0 Å². The molecule has 0 aromatic heterocycles. The Bertz CT molecular complexity index is 426. The van der Waals surface area contributed by atoms with Gasteiger partial charge in [-0.15, -0.1) is 0 Å². The van der Waals surface area contributed by atoms with Crippen molar-refractivity contribution in [3.8, 4) is 11.5 Å². The molecule has 3 heteroatoms. The first-order chi connectivity index (χ1) is 8.16. The molecule has 1 atom stereocenters. The quantitative estimate of drug-likeness (QED) is 0.872. The number of benzene rings is 1. The van der Waals surface area contributed by atoms with E-state index in [1.165, 1.54) is 18.4 Å². The third kappa shape index (κ3) is 2.25. The average molecular weight is 233 g/mol. The first-order valence-electron chi connectivity index (χ1n) is 6.35. The lowest BCUT2D eigenvalue weighted by Crippen LogP contribution is -2.23. The molecule has 1 fully saturated rings. The van der Waals surface area contributed by atoms with Crippen LogP contribution in [0.3, 0.4) is 0 Å². The van der Waals surface area contributed by atoms with Crippen LogP contribution in [0, 0.1) is 0 Å². The van der Waals surface area contributed by atoms with Gasteiger partial charge in [0.25, 0.3) is 0 Å². The molecule has 17 heavy (non-hydrogen) atoms. The lowest BCUT2D eigenvalue weighted by atomic mass is 9.92. The van der Waals surface area contributed by atoms with Crippen molar-refractivity contribution in [1.29, 1.82) is 0 Å². The molecule has 2 N–H and O–H groups in total. The molecule has 1 saturated carbocycles. The Kier molecular flexibility index (Phi) is 2.51. The minimum Gasteiger partial charge on any atom is -0.486 e. The summed E-state index contributed by atoms with van der Waals surface area (Å²) in [5, 5.41) is 0. The van der Waals surface area contributed by atoms with E-state index in [-0.39, 0.29) is 5.54 Å². The molecular formula is C14H19NO2. The third-order valence-corrected chi connectivity index (χ3v) is 3.74. The van der Waals surface area contributed by atoms with E-state index in [2.05, 4.69) is 19.1 Å². The van der Waals surface area contributed by atoms with Crippen LogP contribution in [0.2, 0.25) is 0 Å². The van der Waals surface area contributed by atoms with Crippen molar-refractivity contribution in [3.05, 3.63) is 23.8 Å². The van der Waals surface area contributed by atoms with Gasteiger partial charge in [-0.1, -0.05) is 13.0 Å². The highest BCUT2D eigenvalue weighted by Gasteiger charge is 2.39. The maximum absolute atomic E-state index is 6.17. The maximum atomic E-state index is 6.17. The molecular weight excluding hydrogens is 214 g/mol.